The van der Waals surface area contributed by atoms with Gasteiger partial charge in [-0.15, -0.1) is 0 Å². The van der Waals surface area contributed by atoms with Crippen LogP contribution < -0.4 is 10.1 Å². The number of nitrogens with one attached hydrogen (secondary N) is 1. The van der Waals surface area contributed by atoms with Crippen LogP contribution in [0.2, 0.25) is 5.02 Å². The summed E-state index contributed by atoms with van der Waals surface area (Å²) in [6, 6.07) is 2.19. The van der Waals surface area contributed by atoms with E-state index in [4.69, 9.17) is 16.3 Å². The molecule has 1 aromatic carbocycles. The number of ether oxygens (including phenoxy) is 1. The van der Waals surface area contributed by atoms with Crippen molar-refractivity contribution in [1.82, 2.24) is 5.32 Å². The topological polar surface area (TPSA) is 21.3 Å². The molecule has 1 aliphatic heterocycles. The van der Waals surface area contributed by atoms with Crippen LogP contribution in [-0.4, -0.2) is 19.7 Å². The predicted octanol–water partition coefficient (Wildman–Crippen LogP) is 3.48. The number of benzene rings is 1. The third-order valence-electron chi connectivity index (χ3n) is 3.50. The Kier molecular flexibility index (Phi) is 4.46. The molecule has 1 atom stereocenters. The molecule has 1 N–H and O–H groups in total. The molecule has 0 amide bonds. The lowest BCUT2D eigenvalue weighted by atomic mass is 9.96. The molecule has 1 heterocycles. The third-order valence-corrected chi connectivity index (χ3v) is 3.97. The molecule has 2 nitrogen and oxygen atoms in total. The van der Waals surface area contributed by atoms with E-state index < -0.39 is 0 Å². The van der Waals surface area contributed by atoms with Gasteiger partial charge in [-0.05, 0) is 43.9 Å². The fourth-order valence-electron chi connectivity index (χ4n) is 2.50. The summed E-state index contributed by atoms with van der Waals surface area (Å²) in [6.07, 6.45) is 4.22. The lowest BCUT2D eigenvalue weighted by Gasteiger charge is -2.24. The van der Waals surface area contributed by atoms with Crippen LogP contribution in [-0.2, 0) is 6.42 Å². The molecule has 0 bridgehead atoms. The molecule has 1 aliphatic rings. The molecular weight excluding hydrogens is 253 g/mol. The zero-order valence-corrected chi connectivity index (χ0v) is 11.6. The van der Waals surface area contributed by atoms with Crippen molar-refractivity contribution in [2.75, 3.05) is 13.7 Å². The first-order chi connectivity index (χ1) is 8.63. The van der Waals surface area contributed by atoms with Crippen LogP contribution in [0.1, 0.15) is 30.4 Å². The van der Waals surface area contributed by atoms with E-state index in [0.29, 0.717) is 23.0 Å². The molecule has 2 rings (SSSR count). The summed E-state index contributed by atoms with van der Waals surface area (Å²) in [5.41, 5.74) is 1.55. The lowest BCUT2D eigenvalue weighted by molar-refractivity contribution is 0.373. The van der Waals surface area contributed by atoms with Crippen LogP contribution >= 0.6 is 11.6 Å². The summed E-state index contributed by atoms with van der Waals surface area (Å²) in [6.45, 7) is 2.90. The van der Waals surface area contributed by atoms with Crippen LogP contribution in [0.4, 0.5) is 4.39 Å². The van der Waals surface area contributed by atoms with Gasteiger partial charge in [-0.2, -0.15) is 0 Å². The van der Waals surface area contributed by atoms with Gasteiger partial charge in [0, 0.05) is 6.04 Å². The minimum Gasteiger partial charge on any atom is -0.492 e. The highest BCUT2D eigenvalue weighted by molar-refractivity contribution is 6.32. The summed E-state index contributed by atoms with van der Waals surface area (Å²) in [5.74, 6) is -0.150. The van der Waals surface area contributed by atoms with Crippen molar-refractivity contribution in [3.05, 3.63) is 28.0 Å². The maximum Gasteiger partial charge on any atom is 0.173 e. The second-order valence-electron chi connectivity index (χ2n) is 4.86. The summed E-state index contributed by atoms with van der Waals surface area (Å²) >= 11 is 6.03. The predicted molar refractivity (Wildman–Crippen MR) is 72.0 cm³/mol. The van der Waals surface area contributed by atoms with Crippen molar-refractivity contribution in [3.8, 4) is 5.75 Å². The van der Waals surface area contributed by atoms with E-state index in [1.807, 2.05) is 13.0 Å². The number of piperidine rings is 1. The van der Waals surface area contributed by atoms with Crippen molar-refractivity contribution in [3.63, 3.8) is 0 Å². The zero-order valence-electron chi connectivity index (χ0n) is 10.9. The van der Waals surface area contributed by atoms with E-state index >= 15 is 0 Å². The molecule has 0 aromatic heterocycles. The molecule has 0 spiro atoms. The molecule has 1 unspecified atom stereocenters. The van der Waals surface area contributed by atoms with Crippen LogP contribution in [0.15, 0.2) is 6.07 Å². The first kappa shape index (κ1) is 13.6. The second kappa shape index (κ2) is 5.89. The molecule has 18 heavy (non-hydrogen) atoms. The summed E-state index contributed by atoms with van der Waals surface area (Å²) in [4.78, 5) is 0. The van der Waals surface area contributed by atoms with Crippen LogP contribution in [0.3, 0.4) is 0 Å². The van der Waals surface area contributed by atoms with Gasteiger partial charge in [-0.25, -0.2) is 4.39 Å². The van der Waals surface area contributed by atoms with E-state index in [2.05, 4.69) is 5.32 Å². The Hall–Kier alpha value is -0.800. The number of rotatable bonds is 3. The monoisotopic (exact) mass is 271 g/mol. The van der Waals surface area contributed by atoms with Gasteiger partial charge in [-0.3, -0.25) is 0 Å². The van der Waals surface area contributed by atoms with Crippen molar-refractivity contribution in [2.45, 2.75) is 38.6 Å². The van der Waals surface area contributed by atoms with E-state index in [1.165, 1.54) is 20.0 Å². The number of halogens is 2. The van der Waals surface area contributed by atoms with Gasteiger partial charge in [0.15, 0.2) is 11.6 Å². The minimum atomic E-state index is -0.319. The van der Waals surface area contributed by atoms with Gasteiger partial charge in [0.2, 0.25) is 0 Å². The molecule has 1 fully saturated rings. The van der Waals surface area contributed by atoms with Gasteiger partial charge in [-0.1, -0.05) is 24.1 Å². The normalized spacial score (nSPS) is 19.9. The summed E-state index contributed by atoms with van der Waals surface area (Å²) in [5, 5.41) is 3.80. The summed E-state index contributed by atoms with van der Waals surface area (Å²) < 4.78 is 19.3. The fraction of sp³-hybridized carbons (Fsp3) is 0.571. The fourth-order valence-corrected chi connectivity index (χ4v) is 2.72. The average molecular weight is 272 g/mol. The minimum absolute atomic E-state index is 0.169. The third kappa shape index (κ3) is 2.78. The first-order valence-corrected chi connectivity index (χ1v) is 6.76. The Labute approximate surface area is 112 Å². The largest absolute Gasteiger partial charge is 0.492 e. The van der Waals surface area contributed by atoms with Gasteiger partial charge in [0.05, 0.1) is 12.1 Å². The highest BCUT2D eigenvalue weighted by Gasteiger charge is 2.20. The van der Waals surface area contributed by atoms with Gasteiger partial charge >= 0.3 is 0 Å². The molecule has 100 valence electrons. The van der Waals surface area contributed by atoms with Crippen molar-refractivity contribution < 1.29 is 9.13 Å². The highest BCUT2D eigenvalue weighted by Crippen LogP contribution is 2.33. The van der Waals surface area contributed by atoms with Gasteiger partial charge in [0.1, 0.15) is 0 Å². The van der Waals surface area contributed by atoms with Gasteiger partial charge < -0.3 is 10.1 Å². The summed E-state index contributed by atoms with van der Waals surface area (Å²) in [7, 11) is 1.45. The molecular formula is C14H19ClFNO. The van der Waals surface area contributed by atoms with E-state index in [1.54, 1.807) is 0 Å². The Balaban J connectivity index is 2.24. The number of hydrogen-bond acceptors (Lipinski definition) is 2. The number of methoxy groups -OCH3 is 1. The van der Waals surface area contributed by atoms with Crippen molar-refractivity contribution >= 4 is 11.6 Å². The quantitative estimate of drug-likeness (QED) is 0.909. The van der Waals surface area contributed by atoms with Gasteiger partial charge in [0.25, 0.3) is 0 Å². The molecule has 1 saturated heterocycles. The lowest BCUT2D eigenvalue weighted by Crippen LogP contribution is -2.35. The highest BCUT2D eigenvalue weighted by atomic mass is 35.5. The molecule has 1 aromatic rings. The smallest absolute Gasteiger partial charge is 0.173 e. The Morgan fingerprint density at radius 2 is 2.28 bits per heavy atom. The Bertz CT molecular complexity index is 430. The molecule has 0 aliphatic carbocycles. The number of aryl methyl sites for hydroxylation is 1. The van der Waals surface area contributed by atoms with Crippen molar-refractivity contribution in [1.29, 1.82) is 0 Å². The van der Waals surface area contributed by atoms with Crippen LogP contribution in [0, 0.1) is 12.7 Å². The maximum absolute atomic E-state index is 14.2. The molecule has 0 saturated carbocycles. The van der Waals surface area contributed by atoms with E-state index in [9.17, 15) is 4.39 Å². The van der Waals surface area contributed by atoms with Crippen LogP contribution in [0.25, 0.3) is 0 Å². The Morgan fingerprint density at radius 1 is 1.50 bits per heavy atom. The molecule has 0 radical (unpaired) electrons. The van der Waals surface area contributed by atoms with E-state index in [-0.39, 0.29) is 11.6 Å². The first-order valence-electron chi connectivity index (χ1n) is 6.38. The van der Waals surface area contributed by atoms with Crippen molar-refractivity contribution in [2.24, 2.45) is 0 Å². The number of hydrogen-bond donors (Lipinski definition) is 1. The second-order valence-corrected chi connectivity index (χ2v) is 5.24. The SMILES string of the molecule is COc1c(F)c(CC2CCCCN2)cc(C)c1Cl. The van der Waals surface area contributed by atoms with E-state index in [0.717, 1.165) is 18.5 Å². The maximum atomic E-state index is 14.2. The van der Waals surface area contributed by atoms with Crippen LogP contribution in [0.5, 0.6) is 5.75 Å². The Morgan fingerprint density at radius 3 is 2.89 bits per heavy atom. The molecule has 4 heteroatoms. The zero-order chi connectivity index (χ0) is 13.1. The average Bonchev–Trinajstić information content (AvgIpc) is 2.38. The standard InChI is InChI=1S/C14H19ClFNO/c1-9-7-10(8-11-5-3-4-6-17-11)13(16)14(18-2)12(9)15/h7,11,17H,3-6,8H2,1-2H3.